The van der Waals surface area contributed by atoms with E-state index in [2.05, 4.69) is 28.1 Å². The minimum atomic E-state index is -0.565. The Morgan fingerprint density at radius 2 is 1.98 bits per heavy atom. The number of fused-ring (bicyclic) bond motifs is 4. The van der Waals surface area contributed by atoms with E-state index < -0.39 is 11.4 Å². The molecule has 0 N–H and O–H groups in total. The maximum atomic E-state index is 15.1. The Morgan fingerprint density at radius 3 is 2.67 bits per heavy atom. The number of anilines is 1. The van der Waals surface area contributed by atoms with E-state index in [0.29, 0.717) is 63.2 Å². The maximum Gasteiger partial charge on any atom is 0.410 e. The van der Waals surface area contributed by atoms with Crippen molar-refractivity contribution in [2.75, 3.05) is 32.1 Å². The Balaban J connectivity index is 1.26. The second-order valence-electron chi connectivity index (χ2n) is 13.5. The predicted octanol–water partition coefficient (Wildman–Crippen LogP) is 6.81. The Hall–Kier alpha value is -4.74. The van der Waals surface area contributed by atoms with Crippen LogP contribution in [0.25, 0.3) is 21.3 Å². The third-order valence-corrected chi connectivity index (χ3v) is 10.6. The first-order valence-corrected chi connectivity index (χ1v) is 17.8. The summed E-state index contributed by atoms with van der Waals surface area (Å²) >= 11 is 2.77. The van der Waals surface area contributed by atoms with Gasteiger partial charge in [-0.2, -0.15) is 10.2 Å². The summed E-state index contributed by atoms with van der Waals surface area (Å²) in [7, 11) is 3.68. The van der Waals surface area contributed by atoms with Gasteiger partial charge in [0.2, 0.25) is 5.95 Å². The number of halogens is 1. The van der Waals surface area contributed by atoms with Gasteiger partial charge >= 0.3 is 6.09 Å². The summed E-state index contributed by atoms with van der Waals surface area (Å²) in [6, 6.07) is 15.7. The van der Waals surface area contributed by atoms with E-state index >= 15 is 4.39 Å². The van der Waals surface area contributed by atoms with Crippen molar-refractivity contribution in [1.29, 1.82) is 5.26 Å². The van der Waals surface area contributed by atoms with Crippen molar-refractivity contribution < 1.29 is 13.9 Å². The molecular formula is C35H36FN9O2S2. The largest absolute Gasteiger partial charge is 0.444 e. The number of rotatable bonds is 8. The number of thiophene rings is 1. The summed E-state index contributed by atoms with van der Waals surface area (Å²) < 4.78 is 23.1. The van der Waals surface area contributed by atoms with Crippen molar-refractivity contribution in [3.8, 4) is 6.07 Å². The monoisotopic (exact) mass is 697 g/mol. The molecule has 252 valence electrons. The van der Waals surface area contributed by atoms with Crippen molar-refractivity contribution in [1.82, 2.24) is 29.3 Å². The van der Waals surface area contributed by atoms with Crippen molar-refractivity contribution in [2.45, 2.75) is 62.2 Å². The zero-order valence-corrected chi connectivity index (χ0v) is 29.6. The fraction of sp³-hybridized carbons (Fsp3) is 0.371. The standard InChI is InChI=1S/C35H36FN9O2S2/c1-35(2,3)47-34(46)45-17-23-13-24(45)16-44(23)33-40-30-28(32(41-33)48-18-21-9-7-6-8-10-21)38-20-43(30)15-22-11-12-26(36)29-27(22)25(14-37)31(49-29)39-19-42(4)5/h6-12,19-20,23-24H,13,15-18H2,1-5H3/b39-19+/t23-,24-/m0/s1. The highest BCUT2D eigenvalue weighted by molar-refractivity contribution is 7.98. The van der Waals surface area contributed by atoms with E-state index in [4.69, 9.17) is 19.7 Å². The van der Waals surface area contributed by atoms with Crippen LogP contribution in [0.4, 0.5) is 20.1 Å². The van der Waals surface area contributed by atoms with Gasteiger partial charge in [0, 0.05) is 38.3 Å². The van der Waals surface area contributed by atoms with Crippen LogP contribution in [0, 0.1) is 17.1 Å². The van der Waals surface area contributed by atoms with Crippen molar-refractivity contribution in [2.24, 2.45) is 4.99 Å². The van der Waals surface area contributed by atoms with Gasteiger partial charge in [0.15, 0.2) is 5.65 Å². The number of piperazine rings is 1. The fourth-order valence-electron chi connectivity index (χ4n) is 6.34. The van der Waals surface area contributed by atoms with Gasteiger partial charge in [-0.1, -0.05) is 48.2 Å². The number of aliphatic imine (C=N–C) groups is 1. The lowest BCUT2D eigenvalue weighted by Crippen LogP contribution is -2.50. The summed E-state index contributed by atoms with van der Waals surface area (Å²) in [6.45, 7) is 7.07. The highest BCUT2D eigenvalue weighted by Gasteiger charge is 2.47. The molecule has 2 atom stereocenters. The Kier molecular flexibility index (Phi) is 8.66. The number of benzene rings is 2. The van der Waals surface area contributed by atoms with Crippen LogP contribution in [0.5, 0.6) is 0 Å². The van der Waals surface area contributed by atoms with Crippen LogP contribution >= 0.6 is 23.1 Å². The van der Waals surface area contributed by atoms with E-state index in [9.17, 15) is 10.1 Å². The molecule has 0 spiro atoms. The summed E-state index contributed by atoms with van der Waals surface area (Å²) in [4.78, 5) is 38.1. The van der Waals surface area contributed by atoms with E-state index in [0.717, 1.165) is 22.6 Å². The number of carbonyl (C=O) groups excluding carboxylic acids is 1. The van der Waals surface area contributed by atoms with Crippen LogP contribution in [-0.2, 0) is 17.0 Å². The molecule has 0 saturated carbocycles. The topological polar surface area (TPSA) is 116 Å². The second-order valence-corrected chi connectivity index (χ2v) is 15.5. The van der Waals surface area contributed by atoms with E-state index in [1.165, 1.54) is 17.4 Å². The molecule has 0 aliphatic carbocycles. The first kappa shape index (κ1) is 32.8. The maximum absolute atomic E-state index is 15.1. The molecule has 0 unspecified atom stereocenters. The number of hydrogen-bond acceptors (Lipinski definition) is 10. The fourth-order valence-corrected chi connectivity index (χ4v) is 8.31. The quantitative estimate of drug-likeness (QED) is 0.0746. The molecule has 5 aromatic rings. The number of thioether (sulfide) groups is 1. The number of ether oxygens (including phenoxy) is 1. The summed E-state index contributed by atoms with van der Waals surface area (Å²) in [5.41, 5.74) is 3.02. The van der Waals surface area contributed by atoms with E-state index in [1.807, 2.05) is 62.5 Å². The third-order valence-electron chi connectivity index (χ3n) is 8.48. The molecule has 1 amide bonds. The molecule has 49 heavy (non-hydrogen) atoms. The molecule has 5 heterocycles. The van der Waals surface area contributed by atoms with Gasteiger partial charge in [-0.05, 0) is 44.4 Å². The first-order chi connectivity index (χ1) is 23.5. The van der Waals surface area contributed by atoms with Crippen LogP contribution in [0.2, 0.25) is 0 Å². The molecule has 11 nitrogen and oxygen atoms in total. The summed E-state index contributed by atoms with van der Waals surface area (Å²) in [5, 5.41) is 11.9. The smallest absolute Gasteiger partial charge is 0.410 e. The number of amides is 1. The lowest BCUT2D eigenvalue weighted by Gasteiger charge is -2.35. The van der Waals surface area contributed by atoms with Crippen LogP contribution in [0.3, 0.4) is 0 Å². The van der Waals surface area contributed by atoms with Gasteiger partial charge in [0.05, 0.1) is 41.6 Å². The number of nitriles is 1. The van der Waals surface area contributed by atoms with Gasteiger partial charge in [-0.3, -0.25) is 0 Å². The van der Waals surface area contributed by atoms with Gasteiger partial charge in [0.1, 0.15) is 33.0 Å². The minimum Gasteiger partial charge on any atom is -0.444 e. The molecular weight excluding hydrogens is 662 g/mol. The molecule has 7 rings (SSSR count). The number of aromatic nitrogens is 4. The lowest BCUT2D eigenvalue weighted by molar-refractivity contribution is 0.0214. The number of likely N-dealkylation sites (tertiary alicyclic amines) is 1. The van der Waals surface area contributed by atoms with Gasteiger partial charge < -0.3 is 24.0 Å². The van der Waals surface area contributed by atoms with Crippen LogP contribution < -0.4 is 4.90 Å². The molecule has 2 saturated heterocycles. The van der Waals surface area contributed by atoms with Gasteiger partial charge in [-0.25, -0.2) is 24.1 Å². The Morgan fingerprint density at radius 1 is 1.18 bits per heavy atom. The summed E-state index contributed by atoms with van der Waals surface area (Å²) in [6.07, 6.45) is 3.86. The first-order valence-electron chi connectivity index (χ1n) is 16.0. The third kappa shape index (κ3) is 6.52. The normalized spacial score (nSPS) is 17.5. The highest BCUT2D eigenvalue weighted by Crippen LogP contribution is 2.41. The van der Waals surface area contributed by atoms with E-state index in [1.54, 1.807) is 35.4 Å². The van der Waals surface area contributed by atoms with Crippen molar-refractivity contribution >= 4 is 67.7 Å². The van der Waals surface area contributed by atoms with E-state index in [-0.39, 0.29) is 18.2 Å². The Labute approximate surface area is 292 Å². The SMILES string of the molecule is CN(C)/C=N/c1sc2c(F)ccc(Cn3cnc4c(SCc5ccccc5)nc(N5C[C@@H]6C[C@H]5CN6C(=O)OC(C)(C)C)nc43)c2c1C#N. The molecule has 14 heteroatoms. The average Bonchev–Trinajstić information content (AvgIpc) is 3.86. The second kappa shape index (κ2) is 12.9. The van der Waals surface area contributed by atoms with Gasteiger partial charge in [-0.15, -0.1) is 11.3 Å². The molecule has 2 aliphatic rings. The number of carbonyl (C=O) groups is 1. The zero-order chi connectivity index (χ0) is 34.4. The van der Waals surface area contributed by atoms with Crippen LogP contribution in [0.1, 0.15) is 43.9 Å². The molecule has 2 bridgehead atoms. The predicted molar refractivity (Wildman–Crippen MR) is 191 cm³/mol. The van der Waals surface area contributed by atoms with Crippen LogP contribution in [0.15, 0.2) is 58.8 Å². The number of hydrogen-bond donors (Lipinski definition) is 0. The molecule has 2 aliphatic heterocycles. The minimum absolute atomic E-state index is 0.00400. The van der Waals surface area contributed by atoms with Crippen molar-refractivity contribution in [3.63, 3.8) is 0 Å². The molecule has 3 aromatic heterocycles. The molecule has 2 fully saturated rings. The summed E-state index contributed by atoms with van der Waals surface area (Å²) in [5.74, 6) is 0.891. The van der Waals surface area contributed by atoms with Crippen molar-refractivity contribution in [3.05, 3.63) is 71.3 Å². The van der Waals surface area contributed by atoms with Crippen LogP contribution in [-0.4, -0.2) is 86.6 Å². The highest BCUT2D eigenvalue weighted by atomic mass is 32.2. The zero-order valence-electron chi connectivity index (χ0n) is 27.9. The molecule has 0 radical (unpaired) electrons. The van der Waals surface area contributed by atoms with Gasteiger partial charge in [0.25, 0.3) is 0 Å². The lowest BCUT2D eigenvalue weighted by atomic mass is 10.1. The number of imidazole rings is 1. The average molecular weight is 698 g/mol. The Bertz CT molecular complexity index is 2120. The molecule has 2 aromatic carbocycles. The number of nitrogens with zero attached hydrogens (tertiary/aromatic N) is 9.